The van der Waals surface area contributed by atoms with Crippen molar-refractivity contribution in [2.24, 2.45) is 0 Å². The summed E-state index contributed by atoms with van der Waals surface area (Å²) in [5.41, 5.74) is 2.76. The van der Waals surface area contributed by atoms with Crippen LogP contribution < -0.4 is 4.74 Å². The second kappa shape index (κ2) is 7.42. The maximum absolute atomic E-state index is 5.98. The Bertz CT molecular complexity index is 998. The van der Waals surface area contributed by atoms with Crippen LogP contribution in [0.4, 0.5) is 0 Å². The molecule has 1 heterocycles. The van der Waals surface area contributed by atoms with Crippen molar-refractivity contribution >= 4 is 11.6 Å². The van der Waals surface area contributed by atoms with E-state index in [1.54, 1.807) is 0 Å². The molecule has 0 saturated carbocycles. The molecule has 0 saturated heterocycles. The van der Waals surface area contributed by atoms with Gasteiger partial charge in [-0.25, -0.2) is 0 Å². The summed E-state index contributed by atoms with van der Waals surface area (Å²) in [6, 6.07) is 24.9. The number of rotatable bonds is 5. The zero-order chi connectivity index (χ0) is 17.8. The lowest BCUT2D eigenvalue weighted by atomic mass is 10.2. The predicted molar refractivity (Wildman–Crippen MR) is 101 cm³/mol. The molecule has 4 rings (SSSR count). The summed E-state index contributed by atoms with van der Waals surface area (Å²) in [4.78, 5) is 0. The highest BCUT2D eigenvalue weighted by Gasteiger charge is 2.10. The van der Waals surface area contributed by atoms with E-state index in [2.05, 4.69) is 10.2 Å². The van der Waals surface area contributed by atoms with Crippen LogP contribution in [-0.4, -0.2) is 10.2 Å². The fourth-order valence-electron chi connectivity index (χ4n) is 2.52. The Balaban J connectivity index is 1.45. The van der Waals surface area contributed by atoms with Crippen LogP contribution in [0.3, 0.4) is 0 Å². The molecule has 0 radical (unpaired) electrons. The quantitative estimate of drug-likeness (QED) is 0.461. The highest BCUT2D eigenvalue weighted by Crippen LogP contribution is 2.25. The van der Waals surface area contributed by atoms with Crippen LogP contribution in [0.15, 0.2) is 83.3 Å². The number of ether oxygens (including phenoxy) is 1. The average molecular weight is 363 g/mol. The lowest BCUT2D eigenvalue weighted by Crippen LogP contribution is -1.95. The van der Waals surface area contributed by atoms with Gasteiger partial charge in [0.15, 0.2) is 0 Å². The van der Waals surface area contributed by atoms with Gasteiger partial charge in [0.1, 0.15) is 12.4 Å². The summed E-state index contributed by atoms with van der Waals surface area (Å²) >= 11 is 5.98. The van der Waals surface area contributed by atoms with Crippen molar-refractivity contribution in [2.75, 3.05) is 0 Å². The summed E-state index contributed by atoms with van der Waals surface area (Å²) in [6.45, 7) is 0.457. The summed E-state index contributed by atoms with van der Waals surface area (Å²) < 4.78 is 11.5. The molecule has 0 aliphatic heterocycles. The fourth-order valence-corrected chi connectivity index (χ4v) is 2.74. The van der Waals surface area contributed by atoms with E-state index >= 15 is 0 Å². The van der Waals surface area contributed by atoms with Crippen molar-refractivity contribution in [1.29, 1.82) is 0 Å². The molecule has 4 aromatic rings. The minimum atomic E-state index is 0.457. The van der Waals surface area contributed by atoms with E-state index in [4.69, 9.17) is 20.8 Å². The molecule has 0 aliphatic rings. The summed E-state index contributed by atoms with van der Waals surface area (Å²) in [7, 11) is 0. The van der Waals surface area contributed by atoms with Crippen LogP contribution in [0.5, 0.6) is 5.75 Å². The van der Waals surface area contributed by atoms with Gasteiger partial charge in [-0.15, -0.1) is 10.2 Å². The maximum Gasteiger partial charge on any atom is 0.248 e. The number of benzene rings is 3. The van der Waals surface area contributed by atoms with Gasteiger partial charge in [0.05, 0.1) is 0 Å². The standard InChI is InChI=1S/C21H15ClN2O2/c22-18-8-4-5-15(13-18)14-25-19-11-9-17(10-12-19)21-24-23-20(26-21)16-6-2-1-3-7-16/h1-13H,14H2. The van der Waals surface area contributed by atoms with Crippen molar-refractivity contribution in [3.8, 4) is 28.7 Å². The molecule has 0 N–H and O–H groups in total. The number of aromatic nitrogens is 2. The molecule has 1 aromatic heterocycles. The van der Waals surface area contributed by atoms with E-state index in [9.17, 15) is 0 Å². The van der Waals surface area contributed by atoms with E-state index in [0.29, 0.717) is 23.4 Å². The first-order chi connectivity index (χ1) is 12.8. The Morgan fingerprint density at radius 3 is 2.15 bits per heavy atom. The topological polar surface area (TPSA) is 48.2 Å². The molecule has 3 aromatic carbocycles. The minimum absolute atomic E-state index is 0.457. The Labute approximate surface area is 156 Å². The van der Waals surface area contributed by atoms with E-state index in [1.807, 2.05) is 78.9 Å². The van der Waals surface area contributed by atoms with Gasteiger partial charge in [0, 0.05) is 16.1 Å². The van der Waals surface area contributed by atoms with Crippen LogP contribution in [0, 0.1) is 0 Å². The lowest BCUT2D eigenvalue weighted by molar-refractivity contribution is 0.306. The van der Waals surface area contributed by atoms with Crippen molar-refractivity contribution in [1.82, 2.24) is 10.2 Å². The third-order valence-electron chi connectivity index (χ3n) is 3.84. The summed E-state index contributed by atoms with van der Waals surface area (Å²) in [5, 5.41) is 8.93. The molecule has 0 spiro atoms. The molecule has 0 aliphatic carbocycles. The Morgan fingerprint density at radius 2 is 1.46 bits per heavy atom. The number of hydrogen-bond donors (Lipinski definition) is 0. The number of nitrogens with zero attached hydrogens (tertiary/aromatic N) is 2. The number of halogens is 1. The molecule has 0 unspecified atom stereocenters. The minimum Gasteiger partial charge on any atom is -0.489 e. The molecular weight excluding hydrogens is 348 g/mol. The number of hydrogen-bond acceptors (Lipinski definition) is 4. The van der Waals surface area contributed by atoms with Crippen molar-refractivity contribution in [2.45, 2.75) is 6.61 Å². The second-order valence-corrected chi connectivity index (χ2v) is 6.16. The summed E-state index contributed by atoms with van der Waals surface area (Å²) in [5.74, 6) is 1.74. The molecule has 0 fully saturated rings. The molecule has 128 valence electrons. The van der Waals surface area contributed by atoms with Gasteiger partial charge in [-0.1, -0.05) is 41.9 Å². The largest absolute Gasteiger partial charge is 0.489 e. The normalized spacial score (nSPS) is 10.7. The van der Waals surface area contributed by atoms with Gasteiger partial charge in [-0.05, 0) is 54.1 Å². The third kappa shape index (κ3) is 3.76. The van der Waals surface area contributed by atoms with Gasteiger partial charge in [0.2, 0.25) is 11.8 Å². The maximum atomic E-state index is 5.98. The lowest BCUT2D eigenvalue weighted by Gasteiger charge is -2.07. The molecule has 0 atom stereocenters. The van der Waals surface area contributed by atoms with Crippen LogP contribution in [0.25, 0.3) is 22.9 Å². The van der Waals surface area contributed by atoms with Gasteiger partial charge in [0.25, 0.3) is 0 Å². The fraction of sp³-hybridized carbons (Fsp3) is 0.0476. The molecule has 4 nitrogen and oxygen atoms in total. The monoisotopic (exact) mass is 362 g/mol. The van der Waals surface area contributed by atoms with Crippen LogP contribution in [0.2, 0.25) is 5.02 Å². The molecular formula is C21H15ClN2O2. The SMILES string of the molecule is Clc1cccc(COc2ccc(-c3nnc(-c4ccccc4)o3)cc2)c1. The van der Waals surface area contributed by atoms with E-state index < -0.39 is 0 Å². The highest BCUT2D eigenvalue weighted by atomic mass is 35.5. The first-order valence-electron chi connectivity index (χ1n) is 8.14. The smallest absolute Gasteiger partial charge is 0.248 e. The van der Waals surface area contributed by atoms with E-state index in [0.717, 1.165) is 22.4 Å². The predicted octanol–water partition coefficient (Wildman–Crippen LogP) is 5.64. The van der Waals surface area contributed by atoms with Crippen LogP contribution >= 0.6 is 11.6 Å². The van der Waals surface area contributed by atoms with Gasteiger partial charge >= 0.3 is 0 Å². The van der Waals surface area contributed by atoms with Crippen LogP contribution in [0.1, 0.15) is 5.56 Å². The van der Waals surface area contributed by atoms with Crippen molar-refractivity contribution < 1.29 is 9.15 Å². The Hall–Kier alpha value is -3.11. The van der Waals surface area contributed by atoms with Gasteiger partial charge < -0.3 is 9.15 Å². The zero-order valence-corrected chi connectivity index (χ0v) is 14.6. The zero-order valence-electron chi connectivity index (χ0n) is 13.8. The second-order valence-electron chi connectivity index (χ2n) is 5.72. The average Bonchev–Trinajstić information content (AvgIpc) is 3.18. The Kier molecular flexibility index (Phi) is 4.67. The van der Waals surface area contributed by atoms with Crippen molar-refractivity contribution in [3.05, 3.63) is 89.4 Å². The summed E-state index contributed by atoms with van der Waals surface area (Å²) in [6.07, 6.45) is 0. The molecule has 5 heteroatoms. The van der Waals surface area contributed by atoms with Crippen LogP contribution in [-0.2, 0) is 6.61 Å². The first kappa shape index (κ1) is 16.4. The van der Waals surface area contributed by atoms with Crippen molar-refractivity contribution in [3.63, 3.8) is 0 Å². The van der Waals surface area contributed by atoms with Gasteiger partial charge in [-0.2, -0.15) is 0 Å². The van der Waals surface area contributed by atoms with E-state index in [1.165, 1.54) is 0 Å². The van der Waals surface area contributed by atoms with Gasteiger partial charge in [-0.3, -0.25) is 0 Å². The van der Waals surface area contributed by atoms with E-state index in [-0.39, 0.29) is 0 Å². The highest BCUT2D eigenvalue weighted by molar-refractivity contribution is 6.30. The molecule has 26 heavy (non-hydrogen) atoms. The molecule has 0 bridgehead atoms. The first-order valence-corrected chi connectivity index (χ1v) is 8.52. The Morgan fingerprint density at radius 1 is 0.769 bits per heavy atom. The third-order valence-corrected chi connectivity index (χ3v) is 4.08. The molecule has 0 amide bonds.